The van der Waals surface area contributed by atoms with E-state index in [-0.39, 0.29) is 36.6 Å². The maximum atomic E-state index is 14.1. The van der Waals surface area contributed by atoms with Gasteiger partial charge in [-0.2, -0.15) is 0 Å². The van der Waals surface area contributed by atoms with E-state index in [1.165, 1.54) is 4.90 Å². The predicted molar refractivity (Wildman–Crippen MR) is 140 cm³/mol. The lowest BCUT2D eigenvalue weighted by molar-refractivity contribution is -0.130. The van der Waals surface area contributed by atoms with E-state index in [9.17, 15) is 19.2 Å². The second-order valence-electron chi connectivity index (χ2n) is 9.33. The number of amides is 4. The van der Waals surface area contributed by atoms with Crippen LogP contribution in [0.5, 0.6) is 0 Å². The molecule has 0 bridgehead atoms. The third kappa shape index (κ3) is 5.38. The maximum absolute atomic E-state index is 14.1. The van der Waals surface area contributed by atoms with Crippen LogP contribution in [0, 0.1) is 0 Å². The summed E-state index contributed by atoms with van der Waals surface area (Å²) in [7, 11) is 0. The first kappa shape index (κ1) is 24.2. The first-order chi connectivity index (χ1) is 18.0. The molecule has 0 saturated carbocycles. The average Bonchev–Trinajstić information content (AvgIpc) is 3.32. The summed E-state index contributed by atoms with van der Waals surface area (Å²) in [6, 6.07) is 24.5. The van der Waals surface area contributed by atoms with Crippen molar-refractivity contribution in [2.75, 3.05) is 16.8 Å². The molecule has 37 heavy (non-hydrogen) atoms. The lowest BCUT2D eigenvalue weighted by Crippen LogP contribution is -2.55. The van der Waals surface area contributed by atoms with Crippen LogP contribution in [0.4, 0.5) is 11.4 Å². The van der Waals surface area contributed by atoms with Crippen LogP contribution in [0.1, 0.15) is 29.9 Å². The maximum Gasteiger partial charge on any atom is 0.250 e. The molecule has 4 amide bonds. The molecule has 0 aliphatic carbocycles. The fourth-order valence-electron chi connectivity index (χ4n) is 5.03. The Hall–Kier alpha value is -4.46. The highest BCUT2D eigenvalue weighted by molar-refractivity contribution is 6.07. The van der Waals surface area contributed by atoms with Crippen LogP contribution in [0.2, 0.25) is 0 Å². The van der Waals surface area contributed by atoms with Crippen LogP contribution >= 0.6 is 0 Å². The number of carbonyl (C=O) groups excluding carboxylic acids is 4. The van der Waals surface area contributed by atoms with Crippen LogP contribution in [0.15, 0.2) is 84.9 Å². The lowest BCUT2D eigenvalue weighted by Gasteiger charge is -2.30. The number of rotatable bonds is 6. The number of carbonyl (C=O) groups is 4. The molecule has 8 heteroatoms. The van der Waals surface area contributed by atoms with E-state index in [4.69, 9.17) is 0 Å². The minimum atomic E-state index is -0.927. The van der Waals surface area contributed by atoms with Crippen molar-refractivity contribution in [1.82, 2.24) is 10.6 Å². The van der Waals surface area contributed by atoms with Crippen molar-refractivity contribution in [3.63, 3.8) is 0 Å². The van der Waals surface area contributed by atoms with Crippen LogP contribution in [0.3, 0.4) is 0 Å². The standard InChI is InChI=1S/C29H28N4O4/c34-25-16-15-23(31-25)28(36)32-27-22(19-9-3-1-4-10-19)17-20-11-7-8-14-24(20)33(29(27)37)18-26(35)30-21-12-5-2-6-13-21/h1-14,22-23,27H,15-18H2,(H,30,35)(H,31,34)(H,32,36)/t22-,23+,27-/m1/s1. The zero-order valence-corrected chi connectivity index (χ0v) is 20.2. The van der Waals surface area contributed by atoms with Gasteiger partial charge in [0.15, 0.2) is 0 Å². The Bertz CT molecular complexity index is 1310. The molecule has 3 atom stereocenters. The molecule has 8 nitrogen and oxygen atoms in total. The number of hydrogen-bond donors (Lipinski definition) is 3. The van der Waals surface area contributed by atoms with Gasteiger partial charge in [0.25, 0.3) is 5.91 Å². The molecule has 2 heterocycles. The number of anilines is 2. The first-order valence-electron chi connectivity index (χ1n) is 12.4. The molecule has 0 spiro atoms. The molecule has 3 aromatic carbocycles. The number of nitrogens with zero attached hydrogens (tertiary/aromatic N) is 1. The van der Waals surface area contributed by atoms with Gasteiger partial charge in [-0.1, -0.05) is 66.7 Å². The summed E-state index contributed by atoms with van der Waals surface area (Å²) < 4.78 is 0. The summed E-state index contributed by atoms with van der Waals surface area (Å²) >= 11 is 0. The summed E-state index contributed by atoms with van der Waals surface area (Å²) in [6.45, 7) is -0.210. The molecule has 1 fully saturated rings. The summed E-state index contributed by atoms with van der Waals surface area (Å²) in [5, 5.41) is 8.45. The summed E-state index contributed by atoms with van der Waals surface area (Å²) in [5.41, 5.74) is 3.08. The van der Waals surface area contributed by atoms with Crippen LogP contribution in [-0.4, -0.2) is 42.3 Å². The molecule has 0 radical (unpaired) electrons. The third-order valence-electron chi connectivity index (χ3n) is 6.85. The van der Waals surface area contributed by atoms with Crippen molar-refractivity contribution >= 4 is 35.0 Å². The number of hydrogen-bond acceptors (Lipinski definition) is 4. The minimum absolute atomic E-state index is 0.182. The van der Waals surface area contributed by atoms with Crippen LogP contribution in [0.25, 0.3) is 0 Å². The van der Waals surface area contributed by atoms with Crippen molar-refractivity contribution in [3.05, 3.63) is 96.1 Å². The van der Waals surface area contributed by atoms with Crippen molar-refractivity contribution in [3.8, 4) is 0 Å². The summed E-state index contributed by atoms with van der Waals surface area (Å²) in [5.74, 6) is -1.67. The molecule has 188 valence electrons. The van der Waals surface area contributed by atoms with Gasteiger partial charge in [0, 0.05) is 23.7 Å². The van der Waals surface area contributed by atoms with Crippen LogP contribution in [-0.2, 0) is 25.6 Å². The highest BCUT2D eigenvalue weighted by Crippen LogP contribution is 2.35. The van der Waals surface area contributed by atoms with Gasteiger partial charge in [-0.15, -0.1) is 0 Å². The quantitative estimate of drug-likeness (QED) is 0.488. The third-order valence-corrected chi connectivity index (χ3v) is 6.85. The number of benzene rings is 3. The fourth-order valence-corrected chi connectivity index (χ4v) is 5.03. The number of para-hydroxylation sites is 2. The van der Waals surface area contributed by atoms with Crippen molar-refractivity contribution < 1.29 is 19.2 Å². The van der Waals surface area contributed by atoms with Gasteiger partial charge < -0.3 is 20.9 Å². The second-order valence-corrected chi connectivity index (χ2v) is 9.33. The minimum Gasteiger partial charge on any atom is -0.344 e. The Morgan fingerprint density at radius 2 is 1.57 bits per heavy atom. The Morgan fingerprint density at radius 1 is 0.892 bits per heavy atom. The van der Waals surface area contributed by atoms with E-state index in [1.54, 1.807) is 12.1 Å². The smallest absolute Gasteiger partial charge is 0.250 e. The van der Waals surface area contributed by atoms with Gasteiger partial charge in [0.2, 0.25) is 17.7 Å². The van der Waals surface area contributed by atoms with E-state index in [0.717, 1.165) is 11.1 Å². The largest absolute Gasteiger partial charge is 0.344 e. The molecule has 1 saturated heterocycles. The van der Waals surface area contributed by atoms with Crippen LogP contribution < -0.4 is 20.9 Å². The highest BCUT2D eigenvalue weighted by Gasteiger charge is 2.41. The molecule has 0 unspecified atom stereocenters. The zero-order valence-electron chi connectivity index (χ0n) is 20.2. The molecular weight excluding hydrogens is 468 g/mol. The molecule has 0 aromatic heterocycles. The summed E-state index contributed by atoms with van der Waals surface area (Å²) in [4.78, 5) is 53.5. The van der Waals surface area contributed by atoms with Crippen molar-refractivity contribution in [2.45, 2.75) is 37.3 Å². The Morgan fingerprint density at radius 3 is 2.27 bits per heavy atom. The molecule has 3 aromatic rings. The second kappa shape index (κ2) is 10.7. The van der Waals surface area contributed by atoms with E-state index in [0.29, 0.717) is 24.2 Å². The number of fused-ring (bicyclic) bond motifs is 1. The monoisotopic (exact) mass is 496 g/mol. The molecule has 5 rings (SSSR count). The Labute approximate surface area is 215 Å². The molecule has 3 N–H and O–H groups in total. The lowest BCUT2D eigenvalue weighted by atomic mass is 9.86. The Balaban J connectivity index is 1.49. The zero-order chi connectivity index (χ0) is 25.8. The summed E-state index contributed by atoms with van der Waals surface area (Å²) in [6.07, 6.45) is 1.14. The van der Waals surface area contributed by atoms with Crippen molar-refractivity contribution in [2.24, 2.45) is 0 Å². The van der Waals surface area contributed by atoms with Gasteiger partial charge >= 0.3 is 0 Å². The van der Waals surface area contributed by atoms with Gasteiger partial charge in [-0.3, -0.25) is 19.2 Å². The van der Waals surface area contributed by atoms with E-state index >= 15 is 0 Å². The normalized spacial score (nSPS) is 21.0. The average molecular weight is 497 g/mol. The molecule has 2 aliphatic heterocycles. The van der Waals surface area contributed by atoms with Gasteiger partial charge in [-0.05, 0) is 42.2 Å². The fraction of sp³-hybridized carbons (Fsp3) is 0.241. The number of nitrogens with one attached hydrogen (secondary N) is 3. The Kier molecular flexibility index (Phi) is 6.98. The van der Waals surface area contributed by atoms with E-state index < -0.39 is 18.0 Å². The molecule has 2 aliphatic rings. The molecular formula is C29H28N4O4. The predicted octanol–water partition coefficient (Wildman–Crippen LogP) is 2.76. The topological polar surface area (TPSA) is 108 Å². The van der Waals surface area contributed by atoms with Crippen molar-refractivity contribution in [1.29, 1.82) is 0 Å². The highest BCUT2D eigenvalue weighted by atomic mass is 16.2. The SMILES string of the molecule is O=C(CN1C(=O)[C@H](NC(=O)[C@@H]2CCC(=O)N2)[C@@H](c2ccccc2)Cc2ccccc21)Nc1ccccc1. The van der Waals surface area contributed by atoms with Gasteiger partial charge in [0.1, 0.15) is 18.6 Å². The first-order valence-corrected chi connectivity index (χ1v) is 12.4. The van der Waals surface area contributed by atoms with E-state index in [2.05, 4.69) is 16.0 Å². The van der Waals surface area contributed by atoms with E-state index in [1.807, 2.05) is 72.8 Å². The van der Waals surface area contributed by atoms with Gasteiger partial charge in [-0.25, -0.2) is 0 Å². The van der Waals surface area contributed by atoms with Gasteiger partial charge in [0.05, 0.1) is 0 Å².